The summed E-state index contributed by atoms with van der Waals surface area (Å²) < 4.78 is 115. The van der Waals surface area contributed by atoms with Crippen molar-refractivity contribution in [2.75, 3.05) is 0 Å². The fourth-order valence-corrected chi connectivity index (χ4v) is 1.67. The number of halogens is 9. The van der Waals surface area contributed by atoms with Crippen molar-refractivity contribution in [2.24, 2.45) is 5.16 Å². The lowest BCUT2D eigenvalue weighted by atomic mass is 9.95. The minimum Gasteiger partial charge on any atom is -0.411 e. The van der Waals surface area contributed by atoms with Crippen LogP contribution in [0.5, 0.6) is 0 Å². The molecule has 0 amide bonds. The Bertz CT molecular complexity index is 605. The van der Waals surface area contributed by atoms with Crippen molar-refractivity contribution in [1.29, 1.82) is 0 Å². The fraction of sp³-hybridized carbons (Fsp3) is 0.462. The minimum absolute atomic E-state index is 0.339. The average molecular weight is 367 g/mol. The molecule has 24 heavy (non-hydrogen) atoms. The van der Waals surface area contributed by atoms with E-state index in [2.05, 4.69) is 5.16 Å². The van der Waals surface area contributed by atoms with Crippen molar-refractivity contribution in [1.82, 2.24) is 0 Å². The Morgan fingerprint density at radius 1 is 0.875 bits per heavy atom. The van der Waals surface area contributed by atoms with Crippen LogP contribution in [0.25, 0.3) is 0 Å². The van der Waals surface area contributed by atoms with Crippen molar-refractivity contribution in [3.8, 4) is 0 Å². The first kappa shape index (κ1) is 20.1. The second-order valence-corrected chi connectivity index (χ2v) is 4.94. The Balaban J connectivity index is 3.21. The van der Waals surface area contributed by atoms with E-state index in [9.17, 15) is 39.5 Å². The number of rotatable bonds is 5. The molecule has 0 radical (unpaired) electrons. The summed E-state index contributed by atoms with van der Waals surface area (Å²) in [5.74, 6) is -19.6. The van der Waals surface area contributed by atoms with Crippen LogP contribution in [-0.2, 0) is 0 Å². The van der Waals surface area contributed by atoms with Gasteiger partial charge < -0.3 is 5.21 Å². The molecule has 1 rings (SSSR count). The highest BCUT2D eigenvalue weighted by molar-refractivity contribution is 6.00. The summed E-state index contributed by atoms with van der Waals surface area (Å²) >= 11 is 0. The zero-order valence-corrected chi connectivity index (χ0v) is 11.8. The molecule has 0 saturated carbocycles. The smallest absolute Gasteiger partial charge is 0.411 e. The first-order valence-corrected chi connectivity index (χ1v) is 6.15. The molecular formula is C13H10F9NO. The van der Waals surface area contributed by atoms with Gasteiger partial charge in [0.05, 0.1) is 12.1 Å². The van der Waals surface area contributed by atoms with E-state index in [1.807, 2.05) is 0 Å². The van der Waals surface area contributed by atoms with Crippen molar-refractivity contribution in [2.45, 2.75) is 37.3 Å². The standard InChI is InChI=1S/C13H10F9NO/c1-7-2-4-8(5-3-7)9(23-24)6-10(14,15)11(16,17)12(18,19)13(20,21)22/h2-5,24H,6H2,1H3/b23-9+. The summed E-state index contributed by atoms with van der Waals surface area (Å²) in [6, 6.07) is 4.73. The Morgan fingerprint density at radius 3 is 1.71 bits per heavy atom. The number of alkyl halides is 9. The molecule has 11 heteroatoms. The van der Waals surface area contributed by atoms with Crippen LogP contribution >= 0.6 is 0 Å². The molecule has 0 spiro atoms. The lowest BCUT2D eigenvalue weighted by Gasteiger charge is -2.33. The third kappa shape index (κ3) is 3.44. The predicted molar refractivity (Wildman–Crippen MR) is 65.0 cm³/mol. The van der Waals surface area contributed by atoms with Crippen LogP contribution in [0.15, 0.2) is 29.4 Å². The Kier molecular flexibility index (Phi) is 5.17. The molecule has 1 aromatic carbocycles. The van der Waals surface area contributed by atoms with E-state index in [0.29, 0.717) is 5.56 Å². The van der Waals surface area contributed by atoms with Crippen LogP contribution in [0.2, 0.25) is 0 Å². The summed E-state index contributed by atoms with van der Waals surface area (Å²) in [6.07, 6.45) is -9.22. The Morgan fingerprint density at radius 2 is 1.33 bits per heavy atom. The van der Waals surface area contributed by atoms with Crippen LogP contribution < -0.4 is 0 Å². The molecule has 0 aliphatic rings. The van der Waals surface area contributed by atoms with E-state index in [1.54, 1.807) is 6.92 Å². The van der Waals surface area contributed by atoms with Gasteiger partial charge in [0, 0.05) is 0 Å². The maximum absolute atomic E-state index is 13.5. The maximum atomic E-state index is 13.5. The fourth-order valence-electron chi connectivity index (χ4n) is 1.67. The molecule has 0 aliphatic carbocycles. The molecule has 0 fully saturated rings. The summed E-state index contributed by atoms with van der Waals surface area (Å²) in [5.41, 5.74) is -0.900. The van der Waals surface area contributed by atoms with Crippen LogP contribution in [0.4, 0.5) is 39.5 Å². The Hall–Kier alpha value is -1.94. The minimum atomic E-state index is -6.97. The van der Waals surface area contributed by atoms with E-state index < -0.39 is 36.1 Å². The molecule has 0 aliphatic heterocycles. The zero-order chi connectivity index (χ0) is 19.0. The molecule has 0 bridgehead atoms. The first-order chi connectivity index (χ1) is 10.7. The van der Waals surface area contributed by atoms with Gasteiger partial charge in [0.25, 0.3) is 0 Å². The summed E-state index contributed by atoms with van der Waals surface area (Å²) in [5, 5.41) is 10.9. The third-order valence-corrected chi connectivity index (χ3v) is 3.10. The number of nitrogens with zero attached hydrogens (tertiary/aromatic N) is 1. The maximum Gasteiger partial charge on any atom is 0.460 e. The van der Waals surface area contributed by atoms with Gasteiger partial charge in [-0.2, -0.15) is 39.5 Å². The number of benzene rings is 1. The van der Waals surface area contributed by atoms with E-state index in [-0.39, 0.29) is 5.56 Å². The molecule has 0 atom stereocenters. The molecule has 0 heterocycles. The lowest BCUT2D eigenvalue weighted by molar-refractivity contribution is -0.394. The number of aryl methyl sites for hydroxylation is 1. The monoisotopic (exact) mass is 367 g/mol. The van der Waals surface area contributed by atoms with Gasteiger partial charge in [0.15, 0.2) is 0 Å². The summed E-state index contributed by atoms with van der Waals surface area (Å²) in [6.45, 7) is 1.58. The van der Waals surface area contributed by atoms with E-state index in [4.69, 9.17) is 5.21 Å². The van der Waals surface area contributed by atoms with Crippen molar-refractivity contribution in [3.05, 3.63) is 35.4 Å². The summed E-state index contributed by atoms with van der Waals surface area (Å²) in [4.78, 5) is 0. The zero-order valence-electron chi connectivity index (χ0n) is 11.8. The second kappa shape index (κ2) is 6.17. The second-order valence-electron chi connectivity index (χ2n) is 4.94. The highest BCUT2D eigenvalue weighted by Crippen LogP contribution is 2.54. The summed E-state index contributed by atoms with van der Waals surface area (Å²) in [7, 11) is 0. The van der Waals surface area contributed by atoms with Gasteiger partial charge in [-0.15, -0.1) is 0 Å². The van der Waals surface area contributed by atoms with Crippen LogP contribution in [-0.4, -0.2) is 34.9 Å². The largest absolute Gasteiger partial charge is 0.460 e. The molecule has 0 saturated heterocycles. The van der Waals surface area contributed by atoms with Crippen molar-refractivity contribution < 1.29 is 44.7 Å². The highest BCUT2D eigenvalue weighted by Gasteiger charge is 2.81. The number of hydrogen-bond acceptors (Lipinski definition) is 2. The predicted octanol–water partition coefficient (Wildman–Crippen LogP) is 5.03. The quantitative estimate of drug-likeness (QED) is 0.337. The van der Waals surface area contributed by atoms with E-state index in [1.165, 1.54) is 12.1 Å². The van der Waals surface area contributed by atoms with Crippen LogP contribution in [0.3, 0.4) is 0 Å². The normalized spacial score (nSPS) is 14.8. The van der Waals surface area contributed by atoms with Gasteiger partial charge in [-0.1, -0.05) is 35.0 Å². The highest BCUT2D eigenvalue weighted by atomic mass is 19.4. The van der Waals surface area contributed by atoms with Crippen LogP contribution in [0.1, 0.15) is 17.5 Å². The van der Waals surface area contributed by atoms with Gasteiger partial charge in [0.2, 0.25) is 0 Å². The number of hydrogen-bond donors (Lipinski definition) is 1. The van der Waals surface area contributed by atoms with Crippen molar-refractivity contribution in [3.63, 3.8) is 0 Å². The average Bonchev–Trinajstić information content (AvgIpc) is 2.44. The molecule has 1 aromatic rings. The SMILES string of the molecule is Cc1ccc(/C(CC(F)(F)C(F)(F)C(F)(F)C(F)(F)F)=N/O)cc1. The van der Waals surface area contributed by atoms with Gasteiger partial charge in [0.1, 0.15) is 0 Å². The molecule has 0 unspecified atom stereocenters. The lowest BCUT2D eigenvalue weighted by Crippen LogP contribution is -2.61. The molecular weight excluding hydrogens is 357 g/mol. The van der Waals surface area contributed by atoms with Crippen LogP contribution in [0, 0.1) is 6.92 Å². The molecule has 1 N–H and O–H groups in total. The molecule has 0 aromatic heterocycles. The number of oxime groups is 1. The van der Waals surface area contributed by atoms with Gasteiger partial charge >= 0.3 is 23.9 Å². The molecule has 136 valence electrons. The first-order valence-electron chi connectivity index (χ1n) is 6.15. The van der Waals surface area contributed by atoms with Gasteiger partial charge in [-0.05, 0) is 12.5 Å². The van der Waals surface area contributed by atoms with E-state index in [0.717, 1.165) is 12.1 Å². The third-order valence-electron chi connectivity index (χ3n) is 3.10. The van der Waals surface area contributed by atoms with Gasteiger partial charge in [-0.3, -0.25) is 0 Å². The Labute approximate surface area is 129 Å². The van der Waals surface area contributed by atoms with Gasteiger partial charge in [-0.25, -0.2) is 0 Å². The van der Waals surface area contributed by atoms with Crippen molar-refractivity contribution >= 4 is 5.71 Å². The topological polar surface area (TPSA) is 32.6 Å². The molecule has 2 nitrogen and oxygen atoms in total. The van der Waals surface area contributed by atoms with E-state index >= 15 is 0 Å².